The highest BCUT2D eigenvalue weighted by Gasteiger charge is 2.34. The lowest BCUT2D eigenvalue weighted by molar-refractivity contribution is 0.245. The van der Waals surface area contributed by atoms with Crippen LogP contribution in [0.1, 0.15) is 64.5 Å². The van der Waals surface area contributed by atoms with E-state index in [0.29, 0.717) is 5.41 Å². The first-order valence-electron chi connectivity index (χ1n) is 8.25. The predicted molar refractivity (Wildman–Crippen MR) is 88.2 cm³/mol. The lowest BCUT2D eigenvalue weighted by atomic mass is 9.79. The molecule has 0 aliphatic heterocycles. The summed E-state index contributed by atoms with van der Waals surface area (Å²) in [5, 5.41) is 3.75. The van der Waals surface area contributed by atoms with Crippen LogP contribution in [0.5, 0.6) is 0 Å². The van der Waals surface area contributed by atoms with Gasteiger partial charge in [-0.2, -0.15) is 0 Å². The number of hydrogen-bond acceptors (Lipinski definition) is 1. The van der Waals surface area contributed by atoms with Crippen LogP contribution in [-0.4, -0.2) is 12.1 Å². The molecule has 1 aromatic rings. The van der Waals surface area contributed by atoms with Crippen molar-refractivity contribution in [1.82, 2.24) is 5.32 Å². The van der Waals surface area contributed by atoms with E-state index in [1.165, 1.54) is 43.2 Å². The Morgan fingerprint density at radius 2 is 1.55 bits per heavy atom. The third-order valence-electron chi connectivity index (χ3n) is 4.67. The zero-order chi connectivity index (χ0) is 14.6. The van der Waals surface area contributed by atoms with Gasteiger partial charge in [-0.1, -0.05) is 44.0 Å². The van der Waals surface area contributed by atoms with Gasteiger partial charge in [-0.3, -0.25) is 0 Å². The minimum absolute atomic E-state index is 0.224. The number of hydrogen-bond donors (Lipinski definition) is 1. The van der Waals surface area contributed by atoms with Crippen molar-refractivity contribution in [2.75, 3.05) is 6.54 Å². The van der Waals surface area contributed by atoms with Gasteiger partial charge in [0, 0.05) is 12.1 Å². The molecule has 0 spiro atoms. The fraction of sp³-hybridized carbons (Fsp3) is 0.684. The largest absolute Gasteiger partial charge is 0.312 e. The number of rotatable bonds is 5. The van der Waals surface area contributed by atoms with E-state index in [-0.39, 0.29) is 5.54 Å². The maximum Gasteiger partial charge on any atom is 0.00967 e. The van der Waals surface area contributed by atoms with Gasteiger partial charge in [0.25, 0.3) is 0 Å². The molecule has 0 heterocycles. The van der Waals surface area contributed by atoms with Crippen molar-refractivity contribution in [2.24, 2.45) is 5.41 Å². The highest BCUT2D eigenvalue weighted by atomic mass is 15.0. The number of nitrogens with one attached hydrogen (secondary N) is 1. The smallest absolute Gasteiger partial charge is 0.00967 e. The average Bonchev–Trinajstić information content (AvgIpc) is 2.86. The van der Waals surface area contributed by atoms with Gasteiger partial charge in [0.15, 0.2) is 0 Å². The molecule has 1 saturated carbocycles. The van der Waals surface area contributed by atoms with E-state index in [2.05, 4.69) is 57.3 Å². The van der Waals surface area contributed by atoms with E-state index >= 15 is 0 Å². The Hall–Kier alpha value is -0.820. The molecule has 1 aliphatic carbocycles. The highest BCUT2D eigenvalue weighted by Crippen LogP contribution is 2.40. The van der Waals surface area contributed by atoms with Crippen molar-refractivity contribution < 1.29 is 0 Å². The van der Waals surface area contributed by atoms with Gasteiger partial charge in [-0.05, 0) is 63.0 Å². The first-order chi connectivity index (χ1) is 9.42. The lowest BCUT2D eigenvalue weighted by Crippen LogP contribution is -2.43. The molecule has 0 aromatic heterocycles. The van der Waals surface area contributed by atoms with Crippen molar-refractivity contribution >= 4 is 0 Å². The minimum atomic E-state index is 0.224. The van der Waals surface area contributed by atoms with Crippen LogP contribution in [0, 0.1) is 5.41 Å². The molecule has 1 nitrogen and oxygen atoms in total. The van der Waals surface area contributed by atoms with Crippen LogP contribution in [0.3, 0.4) is 0 Å². The standard InChI is InChI=1S/C19H31N/c1-5-16-8-10-17(11-9-16)14-19(12-6-7-13-19)15-20-18(2,3)4/h8-11,20H,5-7,12-15H2,1-4H3. The quantitative estimate of drug-likeness (QED) is 0.817. The number of aryl methyl sites for hydroxylation is 1. The zero-order valence-corrected chi connectivity index (χ0v) is 13.8. The Kier molecular flexibility index (Phi) is 4.90. The summed E-state index contributed by atoms with van der Waals surface area (Å²) in [4.78, 5) is 0. The Morgan fingerprint density at radius 1 is 1.00 bits per heavy atom. The monoisotopic (exact) mass is 273 g/mol. The van der Waals surface area contributed by atoms with E-state index in [1.54, 1.807) is 0 Å². The third-order valence-corrected chi connectivity index (χ3v) is 4.67. The van der Waals surface area contributed by atoms with Gasteiger partial charge in [0.05, 0.1) is 0 Å². The summed E-state index contributed by atoms with van der Waals surface area (Å²) in [5.74, 6) is 0. The molecule has 112 valence electrons. The summed E-state index contributed by atoms with van der Waals surface area (Å²) >= 11 is 0. The van der Waals surface area contributed by atoms with Crippen LogP contribution in [-0.2, 0) is 12.8 Å². The SMILES string of the molecule is CCc1ccc(CC2(CNC(C)(C)C)CCCC2)cc1. The second kappa shape index (κ2) is 6.30. The molecule has 0 amide bonds. The van der Waals surface area contributed by atoms with Crippen molar-refractivity contribution in [3.63, 3.8) is 0 Å². The van der Waals surface area contributed by atoms with Gasteiger partial charge in [0.1, 0.15) is 0 Å². The summed E-state index contributed by atoms with van der Waals surface area (Å²) in [5.41, 5.74) is 3.67. The van der Waals surface area contributed by atoms with Crippen LogP contribution >= 0.6 is 0 Å². The molecule has 1 N–H and O–H groups in total. The molecule has 0 bridgehead atoms. The summed E-state index contributed by atoms with van der Waals surface area (Å²) in [7, 11) is 0. The molecule has 1 aromatic carbocycles. The summed E-state index contributed by atoms with van der Waals surface area (Å²) in [6.45, 7) is 10.2. The van der Waals surface area contributed by atoms with E-state index < -0.39 is 0 Å². The third kappa shape index (κ3) is 4.34. The zero-order valence-electron chi connectivity index (χ0n) is 13.8. The van der Waals surface area contributed by atoms with E-state index in [4.69, 9.17) is 0 Å². The average molecular weight is 273 g/mol. The normalized spacial score (nSPS) is 18.4. The van der Waals surface area contributed by atoms with Gasteiger partial charge in [-0.15, -0.1) is 0 Å². The molecular formula is C19H31N. The molecule has 20 heavy (non-hydrogen) atoms. The molecule has 0 saturated heterocycles. The molecule has 2 rings (SSSR count). The van der Waals surface area contributed by atoms with Crippen LogP contribution in [0.4, 0.5) is 0 Å². The summed E-state index contributed by atoms with van der Waals surface area (Å²) in [6.07, 6.45) is 7.94. The van der Waals surface area contributed by atoms with Gasteiger partial charge >= 0.3 is 0 Å². The maximum absolute atomic E-state index is 3.75. The first kappa shape index (κ1) is 15.6. The Balaban J connectivity index is 2.04. The Labute approximate surface area is 125 Å². The first-order valence-corrected chi connectivity index (χ1v) is 8.25. The molecule has 1 fully saturated rings. The second-order valence-electron chi connectivity index (χ2n) is 7.66. The molecule has 1 heteroatoms. The van der Waals surface area contributed by atoms with Gasteiger partial charge in [-0.25, -0.2) is 0 Å². The van der Waals surface area contributed by atoms with Crippen LogP contribution in [0.25, 0.3) is 0 Å². The van der Waals surface area contributed by atoms with E-state index in [0.717, 1.165) is 13.0 Å². The van der Waals surface area contributed by atoms with Crippen LogP contribution in [0.15, 0.2) is 24.3 Å². The van der Waals surface area contributed by atoms with Crippen molar-refractivity contribution in [1.29, 1.82) is 0 Å². The second-order valence-corrected chi connectivity index (χ2v) is 7.66. The predicted octanol–water partition coefficient (Wildman–Crippen LogP) is 4.74. The van der Waals surface area contributed by atoms with Crippen LogP contribution < -0.4 is 5.32 Å². The van der Waals surface area contributed by atoms with E-state index in [1.807, 2.05) is 0 Å². The maximum atomic E-state index is 3.75. The number of benzene rings is 1. The Morgan fingerprint density at radius 3 is 2.05 bits per heavy atom. The fourth-order valence-electron chi connectivity index (χ4n) is 3.32. The molecule has 0 radical (unpaired) electrons. The van der Waals surface area contributed by atoms with Crippen molar-refractivity contribution in [2.45, 2.75) is 71.8 Å². The summed E-state index contributed by atoms with van der Waals surface area (Å²) < 4.78 is 0. The minimum Gasteiger partial charge on any atom is -0.312 e. The van der Waals surface area contributed by atoms with Gasteiger partial charge in [0.2, 0.25) is 0 Å². The van der Waals surface area contributed by atoms with Crippen molar-refractivity contribution in [3.05, 3.63) is 35.4 Å². The fourth-order valence-corrected chi connectivity index (χ4v) is 3.32. The van der Waals surface area contributed by atoms with E-state index in [9.17, 15) is 0 Å². The Bertz CT molecular complexity index is 404. The molecule has 0 unspecified atom stereocenters. The van der Waals surface area contributed by atoms with Crippen molar-refractivity contribution in [3.8, 4) is 0 Å². The highest BCUT2D eigenvalue weighted by molar-refractivity contribution is 5.24. The molecule has 0 atom stereocenters. The molecule has 1 aliphatic rings. The van der Waals surface area contributed by atoms with Crippen LogP contribution in [0.2, 0.25) is 0 Å². The molecular weight excluding hydrogens is 242 g/mol. The summed E-state index contributed by atoms with van der Waals surface area (Å²) in [6, 6.07) is 9.29. The van der Waals surface area contributed by atoms with Gasteiger partial charge < -0.3 is 5.32 Å². The topological polar surface area (TPSA) is 12.0 Å². The lowest BCUT2D eigenvalue weighted by Gasteiger charge is -2.33.